The molecule has 19 heavy (non-hydrogen) atoms. The first-order valence-electron chi connectivity index (χ1n) is 5.65. The second-order valence-electron chi connectivity index (χ2n) is 5.05. The van der Waals surface area contributed by atoms with Crippen molar-refractivity contribution in [3.63, 3.8) is 0 Å². The molecule has 0 amide bonds. The molecule has 0 bridgehead atoms. The zero-order valence-electron chi connectivity index (χ0n) is 10.9. The summed E-state index contributed by atoms with van der Waals surface area (Å²) in [6.07, 6.45) is 1.43. The smallest absolute Gasteiger partial charge is 0.344 e. The van der Waals surface area contributed by atoms with E-state index in [1.165, 1.54) is 12.3 Å². The molecule has 0 radical (unpaired) electrons. The third-order valence-corrected chi connectivity index (χ3v) is 2.23. The molecule has 0 aliphatic carbocycles. The Labute approximate surface area is 108 Å². The van der Waals surface area contributed by atoms with Crippen LogP contribution in [0.1, 0.15) is 31.1 Å². The zero-order valence-corrected chi connectivity index (χ0v) is 10.9. The van der Waals surface area contributed by atoms with E-state index in [2.05, 4.69) is 15.0 Å². The first kappa shape index (κ1) is 13.0. The first-order valence-corrected chi connectivity index (χ1v) is 5.65. The molecule has 0 unspecified atom stereocenters. The Bertz CT molecular complexity index is 700. The number of nitrogens with two attached hydrogens (primary N) is 1. The molecule has 0 aliphatic heterocycles. The lowest BCUT2D eigenvalue weighted by Crippen LogP contribution is -2.28. The number of rotatable bonds is 1. The second kappa shape index (κ2) is 4.34. The highest BCUT2D eigenvalue weighted by atomic mass is 16.6. The molecule has 0 spiro atoms. The molecule has 0 aromatic carbocycles. The van der Waals surface area contributed by atoms with Crippen molar-refractivity contribution in [2.45, 2.75) is 26.4 Å². The fourth-order valence-electron chi connectivity index (χ4n) is 1.49. The van der Waals surface area contributed by atoms with Gasteiger partial charge in [-0.25, -0.2) is 9.78 Å². The van der Waals surface area contributed by atoms with Crippen molar-refractivity contribution in [3.8, 4) is 0 Å². The molecule has 2 rings (SSSR count). The Morgan fingerprint density at radius 3 is 2.74 bits per heavy atom. The number of ether oxygens (including phenoxy) is 1. The molecular formula is C12H14N4O3. The molecule has 0 saturated carbocycles. The van der Waals surface area contributed by atoms with Crippen LogP contribution in [0.4, 0.5) is 5.95 Å². The summed E-state index contributed by atoms with van der Waals surface area (Å²) in [5, 5.41) is 0.509. The van der Waals surface area contributed by atoms with Crippen molar-refractivity contribution in [1.82, 2.24) is 15.0 Å². The molecule has 3 N–H and O–H groups in total. The minimum absolute atomic E-state index is 0.0492. The minimum atomic E-state index is -0.688. The molecular weight excluding hydrogens is 248 g/mol. The summed E-state index contributed by atoms with van der Waals surface area (Å²) in [5.74, 6) is -0.638. The van der Waals surface area contributed by atoms with Crippen molar-refractivity contribution in [3.05, 3.63) is 28.2 Å². The van der Waals surface area contributed by atoms with E-state index in [0.717, 1.165) is 0 Å². The number of esters is 1. The highest BCUT2D eigenvalue weighted by molar-refractivity contribution is 5.93. The van der Waals surface area contributed by atoms with Crippen LogP contribution in [0.3, 0.4) is 0 Å². The maximum atomic E-state index is 11.9. The van der Waals surface area contributed by atoms with Gasteiger partial charge in [0.25, 0.3) is 5.56 Å². The van der Waals surface area contributed by atoms with E-state index < -0.39 is 17.1 Å². The lowest BCUT2D eigenvalue weighted by Gasteiger charge is -2.19. The van der Waals surface area contributed by atoms with Crippen LogP contribution in [0.2, 0.25) is 0 Å². The largest absolute Gasteiger partial charge is 0.456 e. The number of nitrogens with one attached hydrogen (secondary N) is 1. The molecule has 0 saturated heterocycles. The third-order valence-electron chi connectivity index (χ3n) is 2.23. The normalized spacial score (nSPS) is 11.5. The van der Waals surface area contributed by atoms with E-state index in [-0.39, 0.29) is 17.2 Å². The second-order valence-corrected chi connectivity index (χ2v) is 5.05. The SMILES string of the molecule is CC(C)(C)OC(=O)c1cc2cnc(N)nc2[nH]c1=O. The lowest BCUT2D eigenvalue weighted by molar-refractivity contribution is 0.00678. The number of aromatic nitrogens is 3. The highest BCUT2D eigenvalue weighted by Crippen LogP contribution is 2.13. The summed E-state index contributed by atoms with van der Waals surface area (Å²) in [6, 6.07) is 1.39. The van der Waals surface area contributed by atoms with Crippen LogP contribution in [0.15, 0.2) is 17.1 Å². The van der Waals surface area contributed by atoms with E-state index in [1.54, 1.807) is 20.8 Å². The van der Waals surface area contributed by atoms with E-state index in [0.29, 0.717) is 5.39 Å². The average Bonchev–Trinajstić information content (AvgIpc) is 2.25. The van der Waals surface area contributed by atoms with Gasteiger partial charge in [-0.05, 0) is 26.8 Å². The van der Waals surface area contributed by atoms with Gasteiger partial charge >= 0.3 is 5.97 Å². The maximum absolute atomic E-state index is 11.9. The Morgan fingerprint density at radius 1 is 1.42 bits per heavy atom. The van der Waals surface area contributed by atoms with Crippen LogP contribution in [-0.2, 0) is 4.74 Å². The molecule has 0 aliphatic rings. The number of hydrogen-bond donors (Lipinski definition) is 2. The molecule has 2 aromatic rings. The van der Waals surface area contributed by atoms with Crippen molar-refractivity contribution >= 4 is 23.0 Å². The number of fused-ring (bicyclic) bond motifs is 1. The Balaban J connectivity index is 2.50. The van der Waals surface area contributed by atoms with Gasteiger partial charge in [0, 0.05) is 11.6 Å². The molecule has 2 heterocycles. The van der Waals surface area contributed by atoms with Gasteiger partial charge in [0.15, 0.2) is 0 Å². The lowest BCUT2D eigenvalue weighted by atomic mass is 10.2. The number of hydrogen-bond acceptors (Lipinski definition) is 6. The van der Waals surface area contributed by atoms with Crippen LogP contribution in [-0.4, -0.2) is 26.5 Å². The van der Waals surface area contributed by atoms with Crippen LogP contribution in [0, 0.1) is 0 Å². The quantitative estimate of drug-likeness (QED) is 0.737. The number of carbonyl (C=O) groups is 1. The minimum Gasteiger partial charge on any atom is -0.456 e. The fraction of sp³-hybridized carbons (Fsp3) is 0.333. The van der Waals surface area contributed by atoms with E-state index >= 15 is 0 Å². The van der Waals surface area contributed by atoms with Crippen LogP contribution < -0.4 is 11.3 Å². The van der Waals surface area contributed by atoms with Crippen LogP contribution >= 0.6 is 0 Å². The van der Waals surface area contributed by atoms with Gasteiger partial charge in [0.1, 0.15) is 16.8 Å². The van der Waals surface area contributed by atoms with Gasteiger partial charge in [-0.3, -0.25) is 4.79 Å². The summed E-state index contributed by atoms with van der Waals surface area (Å²) in [7, 11) is 0. The number of carbonyl (C=O) groups excluding carboxylic acids is 1. The number of pyridine rings is 1. The van der Waals surface area contributed by atoms with Crippen molar-refractivity contribution in [2.24, 2.45) is 0 Å². The summed E-state index contributed by atoms with van der Waals surface area (Å²) >= 11 is 0. The van der Waals surface area contributed by atoms with E-state index in [9.17, 15) is 9.59 Å². The molecule has 0 fully saturated rings. The number of H-pyrrole nitrogens is 1. The predicted molar refractivity (Wildman–Crippen MR) is 69.7 cm³/mol. The molecule has 7 nitrogen and oxygen atoms in total. The van der Waals surface area contributed by atoms with Crippen LogP contribution in [0.25, 0.3) is 11.0 Å². The molecule has 2 aromatic heterocycles. The van der Waals surface area contributed by atoms with Gasteiger partial charge < -0.3 is 15.5 Å². The van der Waals surface area contributed by atoms with Crippen molar-refractivity contribution in [2.75, 3.05) is 5.73 Å². The average molecular weight is 262 g/mol. The van der Waals surface area contributed by atoms with Crippen LogP contribution in [0.5, 0.6) is 0 Å². The van der Waals surface area contributed by atoms with Gasteiger partial charge in [-0.1, -0.05) is 0 Å². The maximum Gasteiger partial charge on any atom is 0.344 e. The Morgan fingerprint density at radius 2 is 2.11 bits per heavy atom. The monoisotopic (exact) mass is 262 g/mol. The molecule has 0 atom stereocenters. The third kappa shape index (κ3) is 2.87. The standard InChI is InChI=1S/C12H14N4O3/c1-12(2,3)19-10(18)7-4-6-5-14-11(13)16-8(6)15-9(7)17/h4-5H,1-3H3,(H3,13,14,15,16,17). The molecule has 7 heteroatoms. The summed E-state index contributed by atoms with van der Waals surface area (Å²) in [6.45, 7) is 5.18. The summed E-state index contributed by atoms with van der Waals surface area (Å²) in [4.78, 5) is 33.9. The summed E-state index contributed by atoms with van der Waals surface area (Å²) < 4.78 is 5.15. The Kier molecular flexibility index (Phi) is 2.97. The van der Waals surface area contributed by atoms with E-state index in [4.69, 9.17) is 10.5 Å². The zero-order chi connectivity index (χ0) is 14.2. The molecule has 100 valence electrons. The fourth-order valence-corrected chi connectivity index (χ4v) is 1.49. The number of nitrogens with zero attached hydrogens (tertiary/aromatic N) is 2. The topological polar surface area (TPSA) is 111 Å². The highest BCUT2D eigenvalue weighted by Gasteiger charge is 2.21. The number of aromatic amines is 1. The van der Waals surface area contributed by atoms with Crippen molar-refractivity contribution < 1.29 is 9.53 Å². The summed E-state index contributed by atoms with van der Waals surface area (Å²) in [5.41, 5.74) is 4.37. The predicted octanol–water partition coefficient (Wildman–Crippen LogP) is 0.856. The van der Waals surface area contributed by atoms with Gasteiger partial charge in [0.2, 0.25) is 5.95 Å². The Hall–Kier alpha value is -2.44. The van der Waals surface area contributed by atoms with Crippen molar-refractivity contribution in [1.29, 1.82) is 0 Å². The van der Waals surface area contributed by atoms with Gasteiger partial charge in [-0.2, -0.15) is 4.98 Å². The number of anilines is 1. The first-order chi connectivity index (χ1) is 8.76. The van der Waals surface area contributed by atoms with E-state index in [1.807, 2.05) is 0 Å². The van der Waals surface area contributed by atoms with Gasteiger partial charge in [0.05, 0.1) is 0 Å². The number of nitrogen functional groups attached to an aromatic ring is 1. The van der Waals surface area contributed by atoms with Gasteiger partial charge in [-0.15, -0.1) is 0 Å².